The van der Waals surface area contributed by atoms with E-state index in [2.05, 4.69) is 15.6 Å². The van der Waals surface area contributed by atoms with Gasteiger partial charge in [-0.1, -0.05) is 30.7 Å². The minimum absolute atomic E-state index is 0.135. The van der Waals surface area contributed by atoms with Crippen molar-refractivity contribution in [2.24, 2.45) is 0 Å². The minimum Gasteiger partial charge on any atom is -0.352 e. The Labute approximate surface area is 145 Å². The zero-order valence-corrected chi connectivity index (χ0v) is 14.7. The van der Waals surface area contributed by atoms with Gasteiger partial charge in [0.1, 0.15) is 6.04 Å². The van der Waals surface area contributed by atoms with Gasteiger partial charge in [0.2, 0.25) is 5.91 Å². The normalized spacial score (nSPS) is 16.2. The van der Waals surface area contributed by atoms with E-state index in [1.807, 2.05) is 35.1 Å². The molecule has 1 aliphatic carbocycles. The van der Waals surface area contributed by atoms with Crippen molar-refractivity contribution in [2.45, 2.75) is 49.8 Å². The molecule has 6 nitrogen and oxygen atoms in total. The quantitative estimate of drug-likeness (QED) is 0.814. The van der Waals surface area contributed by atoms with Crippen molar-refractivity contribution in [1.82, 2.24) is 20.0 Å². The van der Waals surface area contributed by atoms with E-state index in [0.29, 0.717) is 5.69 Å². The molecule has 0 unspecified atom stereocenters. The number of imidazole rings is 1. The number of fused-ring (bicyclic) bond motifs is 1. The molecular weight excluding hydrogens is 324 g/mol. The number of hydrogen-bond donors (Lipinski definition) is 2. The van der Waals surface area contributed by atoms with Crippen molar-refractivity contribution in [3.8, 4) is 0 Å². The number of carbonyl (C=O) groups is 2. The van der Waals surface area contributed by atoms with Crippen LogP contribution >= 0.6 is 11.8 Å². The predicted molar refractivity (Wildman–Crippen MR) is 94.3 cm³/mol. The summed E-state index contributed by atoms with van der Waals surface area (Å²) in [5, 5.41) is 6.52. The number of aromatic nitrogens is 2. The summed E-state index contributed by atoms with van der Waals surface area (Å²) in [6, 6.07) is 5.27. The molecule has 128 valence electrons. The fourth-order valence-corrected chi connectivity index (χ4v) is 3.59. The van der Waals surface area contributed by atoms with Gasteiger partial charge in [0.05, 0.1) is 5.52 Å². The first-order chi connectivity index (χ1) is 11.6. The molecule has 0 bridgehead atoms. The summed E-state index contributed by atoms with van der Waals surface area (Å²) in [6.45, 7) is 1.70. The van der Waals surface area contributed by atoms with Gasteiger partial charge in [-0.05, 0) is 38.2 Å². The standard InChI is InChI=1S/C17H22N4O2S/c1-11(15(22)19-12-7-3-4-8-12)18-16(23)14-13-9-5-6-10-21(13)17(20-14)24-2/h5-6,9-12H,3-4,7-8H2,1-2H3,(H,18,23)(H,19,22)/t11-/m1/s1. The SMILES string of the molecule is CSc1nc(C(=O)N[C@H](C)C(=O)NC2CCCC2)c2ccccn12. The Morgan fingerprint density at radius 3 is 2.79 bits per heavy atom. The van der Waals surface area contributed by atoms with Gasteiger partial charge in [0.15, 0.2) is 10.9 Å². The molecule has 2 amide bonds. The van der Waals surface area contributed by atoms with Gasteiger partial charge in [-0.3, -0.25) is 14.0 Å². The maximum absolute atomic E-state index is 12.6. The van der Waals surface area contributed by atoms with Gasteiger partial charge in [-0.25, -0.2) is 4.98 Å². The van der Waals surface area contributed by atoms with Crippen LogP contribution in [0.5, 0.6) is 0 Å². The predicted octanol–water partition coefficient (Wildman–Crippen LogP) is 2.23. The molecule has 3 rings (SSSR count). The molecule has 2 N–H and O–H groups in total. The Bertz CT molecular complexity index is 752. The zero-order valence-electron chi connectivity index (χ0n) is 13.9. The molecule has 24 heavy (non-hydrogen) atoms. The van der Waals surface area contributed by atoms with Crippen LogP contribution in [0.3, 0.4) is 0 Å². The van der Waals surface area contributed by atoms with Gasteiger partial charge < -0.3 is 10.6 Å². The molecule has 1 atom stereocenters. The number of thioether (sulfide) groups is 1. The van der Waals surface area contributed by atoms with E-state index < -0.39 is 6.04 Å². The summed E-state index contributed by atoms with van der Waals surface area (Å²) in [5.74, 6) is -0.461. The lowest BCUT2D eigenvalue weighted by atomic mass is 10.2. The summed E-state index contributed by atoms with van der Waals surface area (Å²) in [4.78, 5) is 29.2. The van der Waals surface area contributed by atoms with Gasteiger partial charge in [0, 0.05) is 12.2 Å². The van der Waals surface area contributed by atoms with Crippen LogP contribution in [0.4, 0.5) is 0 Å². The largest absolute Gasteiger partial charge is 0.352 e. The highest BCUT2D eigenvalue weighted by Crippen LogP contribution is 2.20. The average molecular weight is 346 g/mol. The van der Waals surface area contributed by atoms with E-state index in [9.17, 15) is 9.59 Å². The van der Waals surface area contributed by atoms with Crippen LogP contribution in [0.25, 0.3) is 5.52 Å². The van der Waals surface area contributed by atoms with Gasteiger partial charge >= 0.3 is 0 Å². The molecular formula is C17H22N4O2S. The third-order valence-corrected chi connectivity index (χ3v) is 5.01. The Kier molecular flexibility index (Phi) is 5.08. The van der Waals surface area contributed by atoms with Crippen LogP contribution in [0, 0.1) is 0 Å². The first kappa shape index (κ1) is 16.8. The second-order valence-corrected chi connectivity index (χ2v) is 6.86. The highest BCUT2D eigenvalue weighted by atomic mass is 32.2. The molecule has 1 aliphatic rings. The average Bonchev–Trinajstić information content (AvgIpc) is 3.21. The Hall–Kier alpha value is -2.02. The molecule has 2 aromatic rings. The number of rotatable bonds is 5. The van der Waals surface area contributed by atoms with Crippen molar-refractivity contribution in [2.75, 3.05) is 6.26 Å². The van der Waals surface area contributed by atoms with Crippen LogP contribution in [0.15, 0.2) is 29.6 Å². The molecule has 0 aliphatic heterocycles. The fourth-order valence-electron chi connectivity index (χ4n) is 3.05. The second kappa shape index (κ2) is 7.25. The monoisotopic (exact) mass is 346 g/mol. The summed E-state index contributed by atoms with van der Waals surface area (Å²) in [6.07, 6.45) is 8.15. The maximum atomic E-state index is 12.6. The Balaban J connectivity index is 1.71. The third-order valence-electron chi connectivity index (χ3n) is 4.36. The first-order valence-electron chi connectivity index (χ1n) is 8.22. The molecule has 7 heteroatoms. The van der Waals surface area contributed by atoms with Crippen LogP contribution in [-0.2, 0) is 4.79 Å². The third kappa shape index (κ3) is 3.40. The lowest BCUT2D eigenvalue weighted by Crippen LogP contribution is -2.47. The van der Waals surface area contributed by atoms with Crippen molar-refractivity contribution < 1.29 is 9.59 Å². The first-order valence-corrected chi connectivity index (χ1v) is 9.45. The van der Waals surface area contributed by atoms with E-state index in [1.165, 1.54) is 11.8 Å². The lowest BCUT2D eigenvalue weighted by molar-refractivity contribution is -0.123. The van der Waals surface area contributed by atoms with E-state index in [0.717, 1.165) is 36.4 Å². The minimum atomic E-state index is -0.587. The van der Waals surface area contributed by atoms with Crippen LogP contribution < -0.4 is 10.6 Å². The smallest absolute Gasteiger partial charge is 0.272 e. The summed E-state index contributed by atoms with van der Waals surface area (Å²) in [5.41, 5.74) is 1.09. The van der Waals surface area contributed by atoms with E-state index in [-0.39, 0.29) is 17.9 Å². The van der Waals surface area contributed by atoms with Crippen molar-refractivity contribution >= 4 is 29.1 Å². The molecule has 0 aromatic carbocycles. The van der Waals surface area contributed by atoms with Crippen LogP contribution in [-0.4, -0.2) is 39.5 Å². The van der Waals surface area contributed by atoms with Gasteiger partial charge in [-0.15, -0.1) is 0 Å². The highest BCUT2D eigenvalue weighted by Gasteiger charge is 2.24. The van der Waals surface area contributed by atoms with E-state index in [1.54, 1.807) is 6.92 Å². The van der Waals surface area contributed by atoms with Crippen LogP contribution in [0.2, 0.25) is 0 Å². The summed E-state index contributed by atoms with van der Waals surface area (Å²) in [7, 11) is 0. The second-order valence-electron chi connectivity index (χ2n) is 6.09. The zero-order chi connectivity index (χ0) is 17.1. The van der Waals surface area contributed by atoms with E-state index >= 15 is 0 Å². The number of carbonyl (C=O) groups excluding carboxylic acids is 2. The molecule has 2 heterocycles. The van der Waals surface area contributed by atoms with E-state index in [4.69, 9.17) is 0 Å². The fraction of sp³-hybridized carbons (Fsp3) is 0.471. The van der Waals surface area contributed by atoms with Crippen molar-refractivity contribution in [3.05, 3.63) is 30.1 Å². The van der Waals surface area contributed by atoms with Crippen molar-refractivity contribution in [1.29, 1.82) is 0 Å². The molecule has 1 fully saturated rings. The number of pyridine rings is 1. The molecule has 0 spiro atoms. The number of amides is 2. The highest BCUT2D eigenvalue weighted by molar-refractivity contribution is 7.98. The Morgan fingerprint density at radius 1 is 1.33 bits per heavy atom. The van der Waals surface area contributed by atoms with Gasteiger partial charge in [-0.2, -0.15) is 0 Å². The molecule has 2 aromatic heterocycles. The number of nitrogens with zero attached hydrogens (tertiary/aromatic N) is 2. The topological polar surface area (TPSA) is 75.5 Å². The number of hydrogen-bond acceptors (Lipinski definition) is 4. The van der Waals surface area contributed by atoms with Crippen LogP contribution in [0.1, 0.15) is 43.1 Å². The lowest BCUT2D eigenvalue weighted by Gasteiger charge is -2.17. The summed E-state index contributed by atoms with van der Waals surface area (Å²) < 4.78 is 1.88. The van der Waals surface area contributed by atoms with Crippen molar-refractivity contribution in [3.63, 3.8) is 0 Å². The Morgan fingerprint density at radius 2 is 2.08 bits per heavy atom. The number of nitrogens with one attached hydrogen (secondary N) is 2. The summed E-state index contributed by atoms with van der Waals surface area (Å²) >= 11 is 1.48. The van der Waals surface area contributed by atoms with Gasteiger partial charge in [0.25, 0.3) is 5.91 Å². The molecule has 1 saturated carbocycles. The molecule has 0 radical (unpaired) electrons. The molecule has 0 saturated heterocycles. The maximum Gasteiger partial charge on any atom is 0.272 e.